The monoisotopic (exact) mass is 288 g/mol. The highest BCUT2D eigenvalue weighted by atomic mass is 16.3. The Hall–Kier alpha value is -1.22. The van der Waals surface area contributed by atoms with Gasteiger partial charge in [-0.15, -0.1) is 0 Å². The van der Waals surface area contributed by atoms with Crippen molar-refractivity contribution in [1.82, 2.24) is 0 Å². The fourth-order valence-electron chi connectivity index (χ4n) is 5.29. The number of rotatable bonds is 0. The van der Waals surface area contributed by atoms with E-state index in [9.17, 15) is 14.7 Å². The second kappa shape index (κ2) is 4.16. The summed E-state index contributed by atoms with van der Waals surface area (Å²) in [5.74, 6) is 0.129. The van der Waals surface area contributed by atoms with E-state index in [1.807, 2.05) is 19.9 Å². The van der Waals surface area contributed by atoms with Crippen LogP contribution in [-0.4, -0.2) is 22.8 Å². The summed E-state index contributed by atoms with van der Waals surface area (Å²) in [6.45, 7) is 8.12. The van der Waals surface area contributed by atoms with Crippen molar-refractivity contribution in [2.45, 2.75) is 53.1 Å². The molecule has 3 rings (SSSR count). The lowest BCUT2D eigenvalue weighted by atomic mass is 9.44. The molecule has 0 aliphatic heterocycles. The fourth-order valence-corrected chi connectivity index (χ4v) is 5.29. The second-order valence-corrected chi connectivity index (χ2v) is 8.02. The number of Topliss-reactive ketones (excluding diaryl/α,β-unsaturated/α-hetero) is 1. The Labute approximate surface area is 126 Å². The van der Waals surface area contributed by atoms with Gasteiger partial charge in [-0.25, -0.2) is 0 Å². The van der Waals surface area contributed by atoms with Crippen molar-refractivity contribution in [3.63, 3.8) is 0 Å². The third-order valence-electron chi connectivity index (χ3n) is 6.20. The highest BCUT2D eigenvalue weighted by Crippen LogP contribution is 2.63. The maximum atomic E-state index is 12.4. The Morgan fingerprint density at radius 3 is 2.52 bits per heavy atom. The minimum absolute atomic E-state index is 0.0218. The average Bonchev–Trinajstić information content (AvgIpc) is 2.36. The van der Waals surface area contributed by atoms with E-state index in [-0.39, 0.29) is 28.3 Å². The van der Waals surface area contributed by atoms with Crippen LogP contribution in [0.25, 0.3) is 0 Å². The van der Waals surface area contributed by atoms with Gasteiger partial charge in [0.2, 0.25) is 0 Å². The van der Waals surface area contributed by atoms with Gasteiger partial charge in [0.15, 0.2) is 5.78 Å². The van der Waals surface area contributed by atoms with Gasteiger partial charge in [-0.3, -0.25) is 9.59 Å². The Balaban J connectivity index is 2.17. The Morgan fingerprint density at radius 2 is 1.86 bits per heavy atom. The lowest BCUT2D eigenvalue weighted by Gasteiger charge is -2.60. The van der Waals surface area contributed by atoms with Gasteiger partial charge < -0.3 is 5.11 Å². The maximum absolute atomic E-state index is 12.4. The average molecular weight is 288 g/mol. The molecule has 0 amide bonds. The summed E-state index contributed by atoms with van der Waals surface area (Å²) in [6, 6.07) is 0. The molecule has 3 aliphatic rings. The summed E-state index contributed by atoms with van der Waals surface area (Å²) in [6.07, 6.45) is 6.62. The zero-order valence-corrected chi connectivity index (χ0v) is 13.3. The molecule has 3 aliphatic carbocycles. The van der Waals surface area contributed by atoms with Gasteiger partial charge in [-0.1, -0.05) is 39.3 Å². The number of carbonyl (C=O) groups is 2. The van der Waals surface area contributed by atoms with E-state index in [1.54, 1.807) is 12.2 Å². The van der Waals surface area contributed by atoms with Crippen LogP contribution < -0.4 is 0 Å². The van der Waals surface area contributed by atoms with Crippen LogP contribution in [0.15, 0.2) is 23.8 Å². The fraction of sp³-hybridized carbons (Fsp3) is 0.667. The number of aliphatic hydroxyl groups excluding tert-OH is 1. The summed E-state index contributed by atoms with van der Waals surface area (Å²) in [5.41, 5.74) is 0.0105. The van der Waals surface area contributed by atoms with Crippen LogP contribution in [-0.2, 0) is 9.59 Å². The molecule has 0 saturated heterocycles. The van der Waals surface area contributed by atoms with Gasteiger partial charge in [-0.2, -0.15) is 0 Å². The van der Waals surface area contributed by atoms with Gasteiger partial charge in [0.25, 0.3) is 0 Å². The molecule has 0 spiro atoms. The molecule has 0 radical (unpaired) electrons. The number of hydrogen-bond acceptors (Lipinski definition) is 3. The standard InChI is InChI=1S/C18H24O3/c1-16(2)14(21)6-8-18(4)13-9-11(19)5-7-17(13,3)10-12(20)15(16)18/h5,7,9,12,15,20H,6,8,10H2,1-4H3/t12-,15-,17+,18+/m0/s1. The SMILES string of the molecule is CC1(C)C(=O)CC[C@]2(C)C3=CC(=O)C=C[C@]3(C)C[C@H](O)[C@@H]12. The highest BCUT2D eigenvalue weighted by molar-refractivity contribution is 6.01. The van der Waals surface area contributed by atoms with Crippen molar-refractivity contribution in [3.8, 4) is 0 Å². The molecule has 3 heteroatoms. The molecule has 114 valence electrons. The number of aliphatic hydroxyl groups is 1. The van der Waals surface area contributed by atoms with E-state index in [0.29, 0.717) is 12.8 Å². The third kappa shape index (κ3) is 1.83. The van der Waals surface area contributed by atoms with Crippen LogP contribution in [0.1, 0.15) is 47.0 Å². The smallest absolute Gasteiger partial charge is 0.178 e. The van der Waals surface area contributed by atoms with Gasteiger partial charge >= 0.3 is 0 Å². The van der Waals surface area contributed by atoms with Gasteiger partial charge in [0.1, 0.15) is 5.78 Å². The van der Waals surface area contributed by atoms with Crippen LogP contribution in [0.5, 0.6) is 0 Å². The molecule has 0 aromatic carbocycles. The molecule has 2 saturated carbocycles. The summed E-state index contributed by atoms with van der Waals surface area (Å²) in [4.78, 5) is 24.2. The number of ketones is 2. The lowest BCUT2D eigenvalue weighted by molar-refractivity contribution is -0.152. The zero-order chi connectivity index (χ0) is 15.6. The molecule has 0 aromatic rings. The quantitative estimate of drug-likeness (QED) is 0.745. The van der Waals surface area contributed by atoms with Crippen molar-refractivity contribution in [3.05, 3.63) is 23.8 Å². The maximum Gasteiger partial charge on any atom is 0.178 e. The third-order valence-corrected chi connectivity index (χ3v) is 6.20. The first-order valence-electron chi connectivity index (χ1n) is 7.78. The predicted molar refractivity (Wildman–Crippen MR) is 80.6 cm³/mol. The predicted octanol–water partition coefficient (Wildman–Crippen LogP) is 2.83. The molecular weight excluding hydrogens is 264 g/mol. The molecule has 0 bridgehead atoms. The van der Waals surface area contributed by atoms with Crippen LogP contribution in [0.2, 0.25) is 0 Å². The van der Waals surface area contributed by atoms with E-state index in [1.165, 1.54) is 0 Å². The molecule has 2 fully saturated rings. The molecule has 3 nitrogen and oxygen atoms in total. The van der Waals surface area contributed by atoms with E-state index in [4.69, 9.17) is 0 Å². The minimum Gasteiger partial charge on any atom is -0.393 e. The summed E-state index contributed by atoms with van der Waals surface area (Å²) < 4.78 is 0. The first-order valence-corrected chi connectivity index (χ1v) is 7.78. The van der Waals surface area contributed by atoms with Crippen LogP contribution >= 0.6 is 0 Å². The van der Waals surface area contributed by atoms with Crippen molar-refractivity contribution in [2.75, 3.05) is 0 Å². The molecular formula is C18H24O3. The Kier molecular flexibility index (Phi) is 2.91. The zero-order valence-electron chi connectivity index (χ0n) is 13.3. The molecule has 1 N–H and O–H groups in total. The summed E-state index contributed by atoms with van der Waals surface area (Å²) in [5, 5.41) is 10.8. The van der Waals surface area contributed by atoms with Crippen molar-refractivity contribution in [2.24, 2.45) is 22.2 Å². The Morgan fingerprint density at radius 1 is 1.19 bits per heavy atom. The van der Waals surface area contributed by atoms with Crippen molar-refractivity contribution >= 4 is 11.6 Å². The largest absolute Gasteiger partial charge is 0.393 e. The Bertz CT molecular complexity index is 583. The number of carbonyl (C=O) groups excluding carboxylic acids is 2. The van der Waals surface area contributed by atoms with Crippen molar-refractivity contribution in [1.29, 1.82) is 0 Å². The first-order chi connectivity index (χ1) is 9.61. The molecule has 0 heterocycles. The van der Waals surface area contributed by atoms with Gasteiger partial charge in [-0.05, 0) is 30.4 Å². The minimum atomic E-state index is -0.543. The van der Waals surface area contributed by atoms with Gasteiger partial charge in [0, 0.05) is 23.2 Å². The van der Waals surface area contributed by atoms with Crippen LogP contribution in [0.3, 0.4) is 0 Å². The molecule has 4 atom stereocenters. The second-order valence-electron chi connectivity index (χ2n) is 8.02. The van der Waals surface area contributed by atoms with E-state index in [2.05, 4.69) is 13.8 Å². The lowest BCUT2D eigenvalue weighted by Crippen LogP contribution is -2.59. The number of hydrogen-bond donors (Lipinski definition) is 1. The molecule has 0 aromatic heterocycles. The van der Waals surface area contributed by atoms with E-state index in [0.717, 1.165) is 12.0 Å². The first kappa shape index (κ1) is 14.7. The normalized spacial score (nSPS) is 44.9. The van der Waals surface area contributed by atoms with E-state index >= 15 is 0 Å². The van der Waals surface area contributed by atoms with E-state index < -0.39 is 11.5 Å². The van der Waals surface area contributed by atoms with Crippen LogP contribution in [0.4, 0.5) is 0 Å². The van der Waals surface area contributed by atoms with Crippen LogP contribution in [0, 0.1) is 22.2 Å². The summed E-state index contributed by atoms with van der Waals surface area (Å²) >= 11 is 0. The van der Waals surface area contributed by atoms with Gasteiger partial charge in [0.05, 0.1) is 6.10 Å². The summed E-state index contributed by atoms with van der Waals surface area (Å²) in [7, 11) is 0. The molecule has 0 unspecified atom stereocenters. The highest BCUT2D eigenvalue weighted by Gasteiger charge is 2.61. The number of fused-ring (bicyclic) bond motifs is 3. The number of allylic oxidation sites excluding steroid dienone is 4. The molecule has 21 heavy (non-hydrogen) atoms. The topological polar surface area (TPSA) is 54.4 Å². The van der Waals surface area contributed by atoms with Crippen molar-refractivity contribution < 1.29 is 14.7 Å².